The molecule has 0 N–H and O–H groups in total. The third-order valence-electron chi connectivity index (χ3n) is 7.18. The molecule has 0 saturated carbocycles. The molecular formula is C31H37N3O8S2. The first-order chi connectivity index (χ1) is 20.8. The monoisotopic (exact) mass is 643 g/mol. The normalized spacial score (nSPS) is 15.4. The molecule has 1 aromatic heterocycles. The van der Waals surface area contributed by atoms with E-state index in [1.54, 1.807) is 74.2 Å². The first kappa shape index (κ1) is 33.0. The van der Waals surface area contributed by atoms with Gasteiger partial charge in [0.15, 0.2) is 17.3 Å². The molecule has 1 aliphatic heterocycles. The summed E-state index contributed by atoms with van der Waals surface area (Å²) in [7, 11) is 0.798. The number of sulfonamides is 1. The molecule has 0 aliphatic carbocycles. The number of piperazine rings is 1. The molecule has 13 heteroatoms. The zero-order valence-electron chi connectivity index (χ0n) is 25.7. The summed E-state index contributed by atoms with van der Waals surface area (Å²) in [6, 6.07) is 11.6. The van der Waals surface area contributed by atoms with Crippen molar-refractivity contribution in [2.75, 3.05) is 47.5 Å². The zero-order valence-corrected chi connectivity index (χ0v) is 27.3. The predicted molar refractivity (Wildman–Crippen MR) is 168 cm³/mol. The number of nitrogens with zero attached hydrogens (tertiary/aromatic N) is 3. The van der Waals surface area contributed by atoms with Gasteiger partial charge in [-0.15, -0.1) is 11.3 Å². The number of ether oxygens (including phenoxy) is 3. The van der Waals surface area contributed by atoms with Crippen LogP contribution in [0.5, 0.6) is 17.2 Å². The molecule has 2 aromatic carbocycles. The van der Waals surface area contributed by atoms with Crippen LogP contribution in [0.4, 0.5) is 0 Å². The summed E-state index contributed by atoms with van der Waals surface area (Å²) in [5, 5.41) is 0. The standard InChI is InChI=1S/C31H37N3O8S2/c1-31(2,3)26(35)19-28-34(30(37)25(43-28)18-21-16-23(40-4)29(42-6)24(17-21)41-5)20-27(36)32-12-14-33(15-13-32)44(38,39)22-10-8-7-9-11-22/h7-11,16-19H,12-15,20H2,1-6H3. The van der Waals surface area contributed by atoms with Crippen molar-refractivity contribution < 1.29 is 32.2 Å². The van der Waals surface area contributed by atoms with Crippen LogP contribution >= 0.6 is 11.3 Å². The maximum Gasteiger partial charge on any atom is 0.269 e. The molecule has 2 heterocycles. The number of ketones is 1. The Morgan fingerprint density at radius 2 is 1.52 bits per heavy atom. The number of thiazole rings is 1. The highest BCUT2D eigenvalue weighted by molar-refractivity contribution is 7.89. The van der Waals surface area contributed by atoms with Gasteiger partial charge in [0.25, 0.3) is 5.56 Å². The molecule has 0 spiro atoms. The molecule has 0 atom stereocenters. The fourth-order valence-electron chi connectivity index (χ4n) is 4.61. The second-order valence-corrected chi connectivity index (χ2v) is 14.2. The molecule has 236 valence electrons. The van der Waals surface area contributed by atoms with Crippen LogP contribution in [0.2, 0.25) is 0 Å². The Hall–Kier alpha value is -3.94. The van der Waals surface area contributed by atoms with Gasteiger partial charge in [-0.25, -0.2) is 8.42 Å². The predicted octanol–water partition coefficient (Wildman–Crippen LogP) is 1.69. The molecule has 11 nitrogen and oxygen atoms in total. The van der Waals surface area contributed by atoms with Crippen LogP contribution in [0.15, 0.2) is 52.2 Å². The van der Waals surface area contributed by atoms with Gasteiger partial charge in [-0.1, -0.05) is 39.0 Å². The van der Waals surface area contributed by atoms with Gasteiger partial charge >= 0.3 is 0 Å². The summed E-state index contributed by atoms with van der Waals surface area (Å²) in [6.45, 7) is 5.64. The first-order valence-electron chi connectivity index (χ1n) is 13.9. The number of hydrogen-bond donors (Lipinski definition) is 0. The summed E-state index contributed by atoms with van der Waals surface area (Å²) < 4.78 is 45.6. The molecule has 0 bridgehead atoms. The van der Waals surface area contributed by atoms with Gasteiger partial charge in [0.1, 0.15) is 11.2 Å². The Bertz CT molecular complexity index is 1790. The second-order valence-electron chi connectivity index (χ2n) is 11.2. The Morgan fingerprint density at radius 1 is 0.932 bits per heavy atom. The van der Waals surface area contributed by atoms with Gasteiger partial charge in [0, 0.05) is 37.7 Å². The van der Waals surface area contributed by atoms with Gasteiger partial charge in [-0.2, -0.15) is 4.31 Å². The van der Waals surface area contributed by atoms with E-state index in [1.165, 1.54) is 36.3 Å². The molecule has 1 fully saturated rings. The highest BCUT2D eigenvalue weighted by Crippen LogP contribution is 2.38. The summed E-state index contributed by atoms with van der Waals surface area (Å²) in [4.78, 5) is 41.8. The third-order valence-corrected chi connectivity index (χ3v) is 10.2. The summed E-state index contributed by atoms with van der Waals surface area (Å²) in [5.41, 5.74) is -0.535. The number of benzene rings is 2. The van der Waals surface area contributed by atoms with Crippen LogP contribution in [0, 0.1) is 5.41 Å². The van der Waals surface area contributed by atoms with Crippen molar-refractivity contribution in [1.82, 2.24) is 13.8 Å². The van der Waals surface area contributed by atoms with E-state index in [9.17, 15) is 22.8 Å². The smallest absolute Gasteiger partial charge is 0.269 e. The Kier molecular flexibility index (Phi) is 10.0. The zero-order chi connectivity index (χ0) is 32.2. The van der Waals surface area contributed by atoms with Gasteiger partial charge in [0.2, 0.25) is 21.7 Å². The maximum atomic E-state index is 13.7. The molecule has 3 aromatic rings. The van der Waals surface area contributed by atoms with Crippen LogP contribution in [-0.4, -0.2) is 81.4 Å². The fourth-order valence-corrected chi connectivity index (χ4v) is 7.10. The minimum atomic E-state index is -3.68. The number of carbonyl (C=O) groups is 2. The van der Waals surface area contributed by atoms with Crippen molar-refractivity contribution in [3.8, 4) is 17.2 Å². The summed E-state index contributed by atoms with van der Waals surface area (Å²) in [5.74, 6) is 0.683. The molecule has 0 unspecified atom stereocenters. The SMILES string of the molecule is COc1cc(C=c2sc(=CC(=O)C(C)(C)C)n(CC(=O)N3CCN(S(=O)(=O)c4ccccc4)CC3)c2=O)cc(OC)c1OC. The van der Waals surface area contributed by atoms with Crippen molar-refractivity contribution in [1.29, 1.82) is 0 Å². The van der Waals surface area contributed by atoms with Gasteiger partial charge in [-0.3, -0.25) is 19.0 Å². The molecule has 44 heavy (non-hydrogen) atoms. The van der Waals surface area contributed by atoms with Gasteiger partial charge in [0.05, 0.1) is 30.8 Å². The minimum Gasteiger partial charge on any atom is -0.493 e. The lowest BCUT2D eigenvalue weighted by Gasteiger charge is -2.34. The Morgan fingerprint density at radius 3 is 2.05 bits per heavy atom. The molecule has 1 aliphatic rings. The minimum absolute atomic E-state index is 0.128. The highest BCUT2D eigenvalue weighted by Gasteiger charge is 2.30. The average molecular weight is 644 g/mol. The summed E-state index contributed by atoms with van der Waals surface area (Å²) >= 11 is 1.10. The van der Waals surface area contributed by atoms with E-state index in [2.05, 4.69) is 0 Å². The Labute approximate surface area is 260 Å². The molecule has 4 rings (SSSR count). The van der Waals surface area contributed by atoms with Crippen LogP contribution in [0.25, 0.3) is 12.2 Å². The van der Waals surface area contributed by atoms with Crippen LogP contribution in [0.3, 0.4) is 0 Å². The van der Waals surface area contributed by atoms with E-state index in [-0.39, 0.29) is 49.3 Å². The van der Waals surface area contributed by atoms with E-state index in [0.29, 0.717) is 32.0 Å². The number of Topliss-reactive ketones (excluding diaryl/α,β-unsaturated/α-hetero) is 1. The topological polar surface area (TPSA) is 124 Å². The van der Waals surface area contributed by atoms with Gasteiger partial charge < -0.3 is 19.1 Å². The number of carbonyl (C=O) groups excluding carboxylic acids is 2. The summed E-state index contributed by atoms with van der Waals surface area (Å²) in [6.07, 6.45) is 3.04. The van der Waals surface area contributed by atoms with Crippen molar-refractivity contribution in [3.05, 3.63) is 67.6 Å². The number of methoxy groups -OCH3 is 3. The number of rotatable bonds is 9. The average Bonchev–Trinajstić information content (AvgIpc) is 3.29. The van der Waals surface area contributed by atoms with E-state index < -0.39 is 21.0 Å². The molecule has 1 amide bonds. The molecule has 1 saturated heterocycles. The molecule has 0 radical (unpaired) electrons. The van der Waals surface area contributed by atoms with Crippen molar-refractivity contribution in [2.24, 2.45) is 5.41 Å². The van der Waals surface area contributed by atoms with Crippen molar-refractivity contribution >= 4 is 45.2 Å². The number of amides is 1. The van der Waals surface area contributed by atoms with Gasteiger partial charge in [-0.05, 0) is 35.9 Å². The van der Waals surface area contributed by atoms with E-state index in [1.807, 2.05) is 0 Å². The van der Waals surface area contributed by atoms with E-state index >= 15 is 0 Å². The van der Waals surface area contributed by atoms with Crippen LogP contribution < -0.4 is 29.0 Å². The lowest BCUT2D eigenvalue weighted by atomic mass is 9.91. The quantitative estimate of drug-likeness (QED) is 0.345. The van der Waals surface area contributed by atoms with E-state index in [0.717, 1.165) is 11.3 Å². The first-order valence-corrected chi connectivity index (χ1v) is 16.2. The fraction of sp³-hybridized carbons (Fsp3) is 0.387. The molecular weight excluding hydrogens is 606 g/mol. The van der Waals surface area contributed by atoms with Crippen molar-refractivity contribution in [3.63, 3.8) is 0 Å². The number of aromatic nitrogens is 1. The lowest BCUT2D eigenvalue weighted by molar-refractivity contribution is -0.133. The third kappa shape index (κ3) is 7.06. The second kappa shape index (κ2) is 13.4. The maximum absolute atomic E-state index is 13.7. The number of hydrogen-bond acceptors (Lipinski definition) is 9. The van der Waals surface area contributed by atoms with Crippen molar-refractivity contribution in [2.45, 2.75) is 32.2 Å². The van der Waals surface area contributed by atoms with Crippen LogP contribution in [0.1, 0.15) is 26.3 Å². The van der Waals surface area contributed by atoms with Crippen LogP contribution in [-0.2, 0) is 26.2 Å². The lowest BCUT2D eigenvalue weighted by Crippen LogP contribution is -2.52. The van der Waals surface area contributed by atoms with E-state index in [4.69, 9.17) is 14.2 Å². The Balaban J connectivity index is 1.66. The highest BCUT2D eigenvalue weighted by atomic mass is 32.2. The largest absolute Gasteiger partial charge is 0.493 e.